The number of carbonyl (C=O) groups is 1. The first-order valence-electron chi connectivity index (χ1n) is 20.7. The number of hydrogen-bond acceptors (Lipinski definition) is 9. The van der Waals surface area contributed by atoms with Crippen LogP contribution in [0, 0.1) is 0 Å². The van der Waals surface area contributed by atoms with E-state index >= 15 is 0 Å². The molecule has 0 bridgehead atoms. The molecule has 1 aromatic carbocycles. The molecule has 4 aromatic rings. The maximum absolute atomic E-state index is 11.8. The number of hydrogen-bond donors (Lipinski definition) is 2. The second-order valence-electron chi connectivity index (χ2n) is 14.5. The molecular weight excluding hydrogens is 724 g/mol. The minimum atomic E-state index is -0.470. The average molecular weight is 788 g/mol. The Hall–Kier alpha value is -4.09. The first-order chi connectivity index (χ1) is 27.4. The third-order valence-electron chi connectivity index (χ3n) is 9.72. The summed E-state index contributed by atoms with van der Waals surface area (Å²) in [5, 5.41) is 2.70. The van der Waals surface area contributed by atoms with Crippen molar-refractivity contribution in [1.82, 2.24) is 15.0 Å². The molecular formula is C45H64ClN6O4+. The molecule has 0 saturated carbocycles. The summed E-state index contributed by atoms with van der Waals surface area (Å²) in [6, 6.07) is 13.8. The number of aromatic nitrogens is 3. The number of pyridine rings is 3. The van der Waals surface area contributed by atoms with E-state index in [1.165, 1.54) is 69.4 Å². The van der Waals surface area contributed by atoms with Crippen LogP contribution in [0.5, 0.6) is 5.75 Å². The first kappa shape index (κ1) is 44.6. The third-order valence-corrected chi connectivity index (χ3v) is 10.0. The van der Waals surface area contributed by atoms with Crippen molar-refractivity contribution in [3.63, 3.8) is 0 Å². The zero-order valence-electron chi connectivity index (χ0n) is 33.5. The van der Waals surface area contributed by atoms with Crippen molar-refractivity contribution < 1.29 is 23.6 Å². The van der Waals surface area contributed by atoms with Crippen LogP contribution in [0.15, 0.2) is 79.6 Å². The summed E-state index contributed by atoms with van der Waals surface area (Å²) in [6.45, 7) is 6.33. The van der Waals surface area contributed by atoms with Gasteiger partial charge in [-0.1, -0.05) is 62.6 Å². The second-order valence-corrected chi connectivity index (χ2v) is 14.9. The maximum Gasteiger partial charge on any atom is 0.308 e. The van der Waals surface area contributed by atoms with Crippen LogP contribution in [-0.4, -0.2) is 53.9 Å². The molecule has 0 unspecified atom stereocenters. The zero-order chi connectivity index (χ0) is 39.6. The highest BCUT2D eigenvalue weighted by atomic mass is 35.5. The summed E-state index contributed by atoms with van der Waals surface area (Å²) in [5.74, 6) is 6.04. The van der Waals surface area contributed by atoms with Crippen LogP contribution in [0.4, 0.5) is 0 Å². The fourth-order valence-electron chi connectivity index (χ4n) is 6.73. The monoisotopic (exact) mass is 787 g/mol. The number of benzene rings is 1. The van der Waals surface area contributed by atoms with Crippen LogP contribution >= 0.6 is 11.6 Å². The lowest BCUT2D eigenvalue weighted by Crippen LogP contribution is -2.33. The first-order valence-corrected chi connectivity index (χ1v) is 21.1. The Bertz CT molecular complexity index is 1740. The number of hydrazine groups is 1. The number of nitrogens with zero attached hydrogens (tertiary/aromatic N) is 4. The summed E-state index contributed by atoms with van der Waals surface area (Å²) in [7, 11) is 0. The summed E-state index contributed by atoms with van der Waals surface area (Å²) >= 11 is 6.49. The van der Waals surface area contributed by atoms with E-state index in [-0.39, 0.29) is 5.75 Å². The van der Waals surface area contributed by atoms with Gasteiger partial charge in [-0.15, -0.1) is 0 Å². The minimum Gasteiger partial charge on any atom is -0.424 e. The van der Waals surface area contributed by atoms with Crippen molar-refractivity contribution in [1.29, 1.82) is 0 Å². The number of rotatable bonds is 29. The Labute approximate surface area is 339 Å². The Balaban J connectivity index is 0.960. The molecule has 0 amide bonds. The van der Waals surface area contributed by atoms with Gasteiger partial charge in [-0.2, -0.15) is 0 Å². The molecule has 0 saturated heterocycles. The third kappa shape index (κ3) is 17.4. The second kappa shape index (κ2) is 26.7. The van der Waals surface area contributed by atoms with E-state index in [0.717, 1.165) is 84.3 Å². The normalized spacial score (nSPS) is 11.7. The predicted molar refractivity (Wildman–Crippen MR) is 226 cm³/mol. The molecule has 0 aliphatic rings. The fourth-order valence-corrected chi connectivity index (χ4v) is 6.99. The Morgan fingerprint density at radius 2 is 1.43 bits per heavy atom. The van der Waals surface area contributed by atoms with Gasteiger partial charge in [-0.3, -0.25) is 14.8 Å². The number of halogens is 1. The van der Waals surface area contributed by atoms with Crippen LogP contribution in [-0.2, 0) is 33.7 Å². The molecule has 4 N–H and O–H groups in total. The van der Waals surface area contributed by atoms with Crippen LogP contribution in [0.2, 0.25) is 5.02 Å². The van der Waals surface area contributed by atoms with Gasteiger partial charge in [-0.25, -0.2) is 10.4 Å². The van der Waals surface area contributed by atoms with Crippen LogP contribution < -0.4 is 20.9 Å². The molecule has 4 rings (SSSR count). The van der Waals surface area contributed by atoms with Crippen molar-refractivity contribution in [3.8, 4) is 5.75 Å². The van der Waals surface area contributed by atoms with Crippen molar-refractivity contribution in [2.75, 3.05) is 33.0 Å². The van der Waals surface area contributed by atoms with Gasteiger partial charge in [0.2, 0.25) is 0 Å². The van der Waals surface area contributed by atoms with Crippen molar-refractivity contribution in [2.24, 2.45) is 11.6 Å². The topological polar surface area (TPSA) is 130 Å². The highest BCUT2D eigenvalue weighted by molar-refractivity contribution is 6.36. The highest BCUT2D eigenvalue weighted by Crippen LogP contribution is 2.36. The number of nitrogens with two attached hydrogens (primary N) is 2. The van der Waals surface area contributed by atoms with Gasteiger partial charge in [0.05, 0.1) is 10.7 Å². The Kier molecular flexibility index (Phi) is 21.3. The number of ether oxygens (including phenoxy) is 3. The molecule has 0 aliphatic heterocycles. The molecule has 0 atom stereocenters. The van der Waals surface area contributed by atoms with Crippen LogP contribution in [0.3, 0.4) is 0 Å². The van der Waals surface area contributed by atoms with Crippen molar-refractivity contribution >= 4 is 34.2 Å². The van der Waals surface area contributed by atoms with Gasteiger partial charge in [0.1, 0.15) is 12.1 Å². The number of carbonyl (C=O) groups excluding carboxylic acids is 1. The molecule has 0 fully saturated rings. The van der Waals surface area contributed by atoms with Crippen molar-refractivity contribution in [3.05, 3.63) is 101 Å². The summed E-state index contributed by atoms with van der Waals surface area (Å²) in [5.41, 5.74) is 10.3. The SMILES string of the molecule is CC(=O)Oc1c(/C(N)=C/N(N)CCCCCCOCCCc2ccc[n+](CCCCCCCCCCOCCCc3cccnc3)c2)cc(Cl)c2cccnc12. The standard InChI is InChI=1S/C45H64ClN6O4/c1-37(53)56-45-41(33-42(46)40-23-15-25-50-44(40)45)43(47)36-52(48)28-11-7-9-13-30-55-32-18-22-39-20-16-27-51(35-39)26-10-6-4-2-3-5-8-12-29-54-31-17-21-38-19-14-24-49-34-38/h14-16,19-20,23-25,27,33-36H,2-13,17-18,21-22,26,28-32,47-48H2,1H3/q+1/b43-36-. The lowest BCUT2D eigenvalue weighted by molar-refractivity contribution is -0.697. The largest absolute Gasteiger partial charge is 0.424 e. The fraction of sp³-hybridized carbons (Fsp3) is 0.511. The molecule has 0 radical (unpaired) electrons. The van der Waals surface area contributed by atoms with E-state index in [0.29, 0.717) is 33.7 Å². The number of fused-ring (bicyclic) bond motifs is 1. The molecule has 3 aromatic heterocycles. The van der Waals surface area contributed by atoms with E-state index in [4.69, 9.17) is 37.4 Å². The molecule has 10 nitrogen and oxygen atoms in total. The molecule has 304 valence electrons. The Morgan fingerprint density at radius 3 is 2.12 bits per heavy atom. The van der Waals surface area contributed by atoms with Gasteiger partial charge in [0, 0.05) is 93.7 Å². The number of unbranched alkanes of at least 4 members (excludes halogenated alkanes) is 10. The van der Waals surface area contributed by atoms with Crippen molar-refractivity contribution in [2.45, 2.75) is 116 Å². The summed E-state index contributed by atoms with van der Waals surface area (Å²) < 4.78 is 19.6. The predicted octanol–water partition coefficient (Wildman–Crippen LogP) is 8.91. The summed E-state index contributed by atoms with van der Waals surface area (Å²) in [4.78, 5) is 20.4. The van der Waals surface area contributed by atoms with E-state index in [2.05, 4.69) is 45.1 Å². The molecule has 11 heteroatoms. The number of aryl methyl sites for hydroxylation is 3. The van der Waals surface area contributed by atoms with E-state index in [1.807, 2.05) is 24.5 Å². The molecule has 0 aliphatic carbocycles. The van der Waals surface area contributed by atoms with Gasteiger partial charge in [0.15, 0.2) is 18.1 Å². The van der Waals surface area contributed by atoms with E-state index < -0.39 is 5.97 Å². The number of esters is 1. The highest BCUT2D eigenvalue weighted by Gasteiger charge is 2.18. The molecule has 56 heavy (non-hydrogen) atoms. The molecule has 3 heterocycles. The van der Waals surface area contributed by atoms with E-state index in [9.17, 15) is 4.79 Å². The minimum absolute atomic E-state index is 0.271. The zero-order valence-corrected chi connectivity index (χ0v) is 34.3. The van der Waals surface area contributed by atoms with Gasteiger partial charge in [-0.05, 0) is 87.3 Å². The van der Waals surface area contributed by atoms with Gasteiger partial charge >= 0.3 is 5.97 Å². The molecule has 0 spiro atoms. The Morgan fingerprint density at radius 1 is 0.804 bits per heavy atom. The maximum atomic E-state index is 11.8. The lowest BCUT2D eigenvalue weighted by Gasteiger charge is -2.17. The average Bonchev–Trinajstić information content (AvgIpc) is 3.20. The van der Waals surface area contributed by atoms with E-state index in [1.54, 1.807) is 29.5 Å². The van der Waals surface area contributed by atoms with Crippen LogP contribution in [0.25, 0.3) is 16.6 Å². The quantitative estimate of drug-likeness (QED) is 0.0138. The van der Waals surface area contributed by atoms with Crippen LogP contribution in [0.1, 0.15) is 114 Å². The lowest BCUT2D eigenvalue weighted by atomic mass is 10.1. The van der Waals surface area contributed by atoms with Gasteiger partial charge in [0.25, 0.3) is 0 Å². The van der Waals surface area contributed by atoms with Gasteiger partial charge < -0.3 is 25.0 Å². The smallest absolute Gasteiger partial charge is 0.308 e. The summed E-state index contributed by atoms with van der Waals surface area (Å²) in [6.07, 6.45) is 30.0.